The fourth-order valence-corrected chi connectivity index (χ4v) is 3.27. The molecular weight excluding hydrogens is 258 g/mol. The Labute approximate surface area is 118 Å². The van der Waals surface area contributed by atoms with Gasteiger partial charge in [0.1, 0.15) is 12.2 Å². The van der Waals surface area contributed by atoms with E-state index in [4.69, 9.17) is 0 Å². The minimum absolute atomic E-state index is 0.243. The van der Waals surface area contributed by atoms with E-state index in [0.717, 1.165) is 22.9 Å². The molecule has 0 aliphatic rings. The zero-order valence-electron chi connectivity index (χ0n) is 12.1. The van der Waals surface area contributed by atoms with Crippen LogP contribution in [0.5, 0.6) is 0 Å². The number of likely N-dealkylation sites (N-methyl/N-ethyl adjacent to an activating group) is 1. The van der Waals surface area contributed by atoms with E-state index >= 15 is 0 Å². The Morgan fingerprint density at radius 1 is 1.37 bits per heavy atom. The molecule has 2 heterocycles. The minimum atomic E-state index is 0.243. The summed E-state index contributed by atoms with van der Waals surface area (Å²) >= 11 is 1.75. The average molecular weight is 279 g/mol. The van der Waals surface area contributed by atoms with Crippen LogP contribution in [0, 0.1) is 13.8 Å². The Bertz CT molecular complexity index is 543. The first-order chi connectivity index (χ1) is 9.02. The van der Waals surface area contributed by atoms with Crippen molar-refractivity contribution in [3.8, 4) is 0 Å². The maximum atomic E-state index is 4.50. The normalized spacial score (nSPS) is 13.2. The molecule has 0 saturated heterocycles. The highest BCUT2D eigenvalue weighted by Crippen LogP contribution is 2.27. The van der Waals surface area contributed by atoms with Crippen LogP contribution in [0.3, 0.4) is 0 Å². The highest BCUT2D eigenvalue weighted by atomic mass is 32.1. The van der Waals surface area contributed by atoms with Crippen molar-refractivity contribution in [1.29, 1.82) is 0 Å². The number of hydrogen-bond acceptors (Lipinski definition) is 5. The molecule has 1 N–H and O–H groups in total. The molecule has 0 bridgehead atoms. The molecule has 0 aromatic carbocycles. The third kappa shape index (κ3) is 3.01. The second kappa shape index (κ2) is 5.79. The summed E-state index contributed by atoms with van der Waals surface area (Å²) in [6, 6.07) is 0.576. The van der Waals surface area contributed by atoms with Crippen LogP contribution in [0.1, 0.15) is 47.3 Å². The third-order valence-electron chi connectivity index (χ3n) is 3.13. The summed E-state index contributed by atoms with van der Waals surface area (Å²) in [7, 11) is 1.98. The van der Waals surface area contributed by atoms with Crippen LogP contribution >= 0.6 is 11.3 Å². The average Bonchev–Trinajstić information content (AvgIpc) is 2.92. The molecule has 6 heteroatoms. The lowest BCUT2D eigenvalue weighted by Crippen LogP contribution is -2.21. The molecule has 1 atom stereocenters. The molecule has 0 aliphatic heterocycles. The maximum absolute atomic E-state index is 4.50. The van der Waals surface area contributed by atoms with Gasteiger partial charge in [0.25, 0.3) is 0 Å². The van der Waals surface area contributed by atoms with E-state index < -0.39 is 0 Å². The van der Waals surface area contributed by atoms with Crippen molar-refractivity contribution in [1.82, 2.24) is 25.1 Å². The minimum Gasteiger partial charge on any atom is -0.312 e. The summed E-state index contributed by atoms with van der Waals surface area (Å²) < 4.78 is 1.98. The Morgan fingerprint density at radius 3 is 2.63 bits per heavy atom. The number of aryl methyl sites for hydroxylation is 2. The first-order valence-corrected chi connectivity index (χ1v) is 7.34. The lowest BCUT2D eigenvalue weighted by molar-refractivity contribution is 0.479. The van der Waals surface area contributed by atoms with Gasteiger partial charge in [0.2, 0.25) is 0 Å². The molecule has 0 radical (unpaired) electrons. The quantitative estimate of drug-likeness (QED) is 0.913. The smallest absolute Gasteiger partial charge is 0.138 e. The standard InChI is InChI=1S/C13H21N5S/c1-8(2)18-12(15-7-16-18)6-11(14-5)13-9(3)17-10(4)19-13/h7-8,11,14H,6H2,1-5H3. The van der Waals surface area contributed by atoms with Gasteiger partial charge in [-0.3, -0.25) is 0 Å². The van der Waals surface area contributed by atoms with Gasteiger partial charge in [0.05, 0.1) is 16.7 Å². The van der Waals surface area contributed by atoms with Gasteiger partial charge >= 0.3 is 0 Å². The first-order valence-electron chi connectivity index (χ1n) is 6.52. The van der Waals surface area contributed by atoms with Gasteiger partial charge in [0, 0.05) is 17.3 Å². The van der Waals surface area contributed by atoms with Gasteiger partial charge < -0.3 is 5.32 Å². The van der Waals surface area contributed by atoms with Crippen molar-refractivity contribution in [2.75, 3.05) is 7.05 Å². The predicted octanol–water partition coefficient (Wildman–Crippen LogP) is 2.44. The van der Waals surface area contributed by atoms with Gasteiger partial charge in [-0.2, -0.15) is 5.10 Å². The molecule has 19 heavy (non-hydrogen) atoms. The molecule has 0 aliphatic carbocycles. The van der Waals surface area contributed by atoms with Gasteiger partial charge in [0.15, 0.2) is 0 Å². The fourth-order valence-electron chi connectivity index (χ4n) is 2.23. The van der Waals surface area contributed by atoms with Crippen LogP contribution in [0.4, 0.5) is 0 Å². The van der Waals surface area contributed by atoms with Crippen LogP contribution in [-0.4, -0.2) is 26.8 Å². The topological polar surface area (TPSA) is 55.6 Å². The Kier molecular flexibility index (Phi) is 4.31. The van der Waals surface area contributed by atoms with Crippen molar-refractivity contribution >= 4 is 11.3 Å². The fraction of sp³-hybridized carbons (Fsp3) is 0.615. The number of thiazole rings is 1. The van der Waals surface area contributed by atoms with Crippen molar-refractivity contribution in [2.24, 2.45) is 0 Å². The summed E-state index contributed by atoms with van der Waals surface area (Å²) in [5.41, 5.74) is 1.11. The van der Waals surface area contributed by atoms with E-state index in [9.17, 15) is 0 Å². The van der Waals surface area contributed by atoms with Crippen molar-refractivity contribution < 1.29 is 0 Å². The van der Waals surface area contributed by atoms with E-state index in [2.05, 4.69) is 41.2 Å². The lowest BCUT2D eigenvalue weighted by atomic mass is 10.1. The van der Waals surface area contributed by atoms with Gasteiger partial charge in [-0.1, -0.05) is 0 Å². The van der Waals surface area contributed by atoms with Crippen LogP contribution in [0.2, 0.25) is 0 Å². The molecular formula is C13H21N5S. The number of hydrogen-bond donors (Lipinski definition) is 1. The molecule has 2 rings (SSSR count). The van der Waals surface area contributed by atoms with Crippen molar-refractivity contribution in [3.63, 3.8) is 0 Å². The van der Waals surface area contributed by atoms with E-state index in [1.165, 1.54) is 4.88 Å². The second-order valence-corrected chi connectivity index (χ2v) is 6.18. The summed E-state index contributed by atoms with van der Waals surface area (Å²) in [6.45, 7) is 8.35. The molecule has 104 valence electrons. The molecule has 0 fully saturated rings. The summed E-state index contributed by atoms with van der Waals surface area (Å²) in [5.74, 6) is 1.01. The van der Waals surface area contributed by atoms with Crippen molar-refractivity contribution in [2.45, 2.75) is 46.2 Å². The van der Waals surface area contributed by atoms with Crippen LogP contribution in [0.25, 0.3) is 0 Å². The summed E-state index contributed by atoms with van der Waals surface area (Å²) in [5, 5.41) is 8.77. The summed E-state index contributed by atoms with van der Waals surface area (Å²) in [6.07, 6.45) is 2.46. The zero-order valence-corrected chi connectivity index (χ0v) is 13.0. The highest BCUT2D eigenvalue weighted by Gasteiger charge is 2.19. The molecule has 2 aromatic rings. The van der Waals surface area contributed by atoms with Gasteiger partial charge in [-0.15, -0.1) is 11.3 Å². The monoisotopic (exact) mass is 279 g/mol. The van der Waals surface area contributed by atoms with Gasteiger partial charge in [-0.25, -0.2) is 14.6 Å². The highest BCUT2D eigenvalue weighted by molar-refractivity contribution is 7.11. The molecule has 5 nitrogen and oxygen atoms in total. The van der Waals surface area contributed by atoms with Crippen LogP contribution in [0.15, 0.2) is 6.33 Å². The van der Waals surface area contributed by atoms with E-state index in [0.29, 0.717) is 6.04 Å². The SMILES string of the molecule is CNC(Cc1ncnn1C(C)C)c1sc(C)nc1C. The van der Waals surface area contributed by atoms with E-state index in [1.54, 1.807) is 17.7 Å². The summed E-state index contributed by atoms with van der Waals surface area (Å²) in [4.78, 5) is 10.2. The lowest BCUT2D eigenvalue weighted by Gasteiger charge is -2.16. The third-order valence-corrected chi connectivity index (χ3v) is 4.31. The van der Waals surface area contributed by atoms with Crippen molar-refractivity contribution in [3.05, 3.63) is 27.7 Å². The number of rotatable bonds is 5. The van der Waals surface area contributed by atoms with E-state index in [-0.39, 0.29) is 6.04 Å². The van der Waals surface area contributed by atoms with E-state index in [1.807, 2.05) is 18.7 Å². The Balaban J connectivity index is 2.24. The Hall–Kier alpha value is -1.27. The first kappa shape index (κ1) is 14.1. The van der Waals surface area contributed by atoms with Crippen LogP contribution in [-0.2, 0) is 6.42 Å². The largest absolute Gasteiger partial charge is 0.312 e. The molecule has 0 spiro atoms. The molecule has 1 unspecified atom stereocenters. The molecule has 2 aromatic heterocycles. The molecule has 0 saturated carbocycles. The Morgan fingerprint density at radius 2 is 2.11 bits per heavy atom. The van der Waals surface area contributed by atoms with Crippen LogP contribution < -0.4 is 5.32 Å². The number of nitrogens with one attached hydrogen (secondary N) is 1. The zero-order chi connectivity index (χ0) is 14.0. The molecule has 0 amide bonds. The number of aromatic nitrogens is 4. The predicted molar refractivity (Wildman–Crippen MR) is 77.5 cm³/mol. The second-order valence-electron chi connectivity index (χ2n) is 4.94. The maximum Gasteiger partial charge on any atom is 0.138 e. The van der Waals surface area contributed by atoms with Gasteiger partial charge in [-0.05, 0) is 34.7 Å². The number of nitrogens with zero attached hydrogens (tertiary/aromatic N) is 4.